The number of nitrogens with one attached hydrogen (secondary N) is 1. The molecule has 4 heteroatoms. The predicted octanol–water partition coefficient (Wildman–Crippen LogP) is 1.53. The lowest BCUT2D eigenvalue weighted by Gasteiger charge is -2.37. The third-order valence-electron chi connectivity index (χ3n) is 6.00. The second-order valence-electron chi connectivity index (χ2n) is 7.14. The van der Waals surface area contributed by atoms with Gasteiger partial charge in [-0.25, -0.2) is 0 Å². The molecular weight excluding hydrogens is 252 g/mol. The molecule has 2 aliphatic carbocycles. The SMILES string of the molecule is CNC1(CC(=O)N2CC3CCC(O)C3C2)CCCCC1. The molecule has 0 bridgehead atoms. The Hall–Kier alpha value is -0.610. The average Bonchev–Trinajstić information content (AvgIpc) is 3.03. The molecule has 0 aromatic carbocycles. The highest BCUT2D eigenvalue weighted by atomic mass is 16.3. The number of aliphatic hydroxyl groups is 1. The first kappa shape index (κ1) is 14.3. The van der Waals surface area contributed by atoms with E-state index >= 15 is 0 Å². The highest BCUT2D eigenvalue weighted by Crippen LogP contribution is 2.39. The second kappa shape index (κ2) is 5.64. The van der Waals surface area contributed by atoms with Crippen LogP contribution in [0.3, 0.4) is 0 Å². The number of aliphatic hydroxyl groups excluding tert-OH is 1. The summed E-state index contributed by atoms with van der Waals surface area (Å²) >= 11 is 0. The molecule has 114 valence electrons. The molecule has 20 heavy (non-hydrogen) atoms. The number of likely N-dealkylation sites (tertiary alicyclic amines) is 1. The number of rotatable bonds is 3. The molecule has 3 rings (SSSR count). The molecule has 3 fully saturated rings. The Kier molecular flexibility index (Phi) is 4.04. The van der Waals surface area contributed by atoms with Crippen LogP contribution in [-0.4, -0.2) is 47.7 Å². The van der Waals surface area contributed by atoms with Crippen molar-refractivity contribution in [2.45, 2.75) is 63.0 Å². The van der Waals surface area contributed by atoms with Gasteiger partial charge in [0.05, 0.1) is 6.10 Å². The van der Waals surface area contributed by atoms with Gasteiger partial charge in [-0.05, 0) is 38.6 Å². The van der Waals surface area contributed by atoms with Crippen LogP contribution >= 0.6 is 0 Å². The molecule has 1 heterocycles. The number of hydrogen-bond acceptors (Lipinski definition) is 3. The lowest BCUT2D eigenvalue weighted by molar-refractivity contribution is -0.132. The largest absolute Gasteiger partial charge is 0.393 e. The molecule has 1 aliphatic heterocycles. The Morgan fingerprint density at radius 3 is 2.65 bits per heavy atom. The van der Waals surface area contributed by atoms with Crippen molar-refractivity contribution in [3.8, 4) is 0 Å². The fourth-order valence-corrected chi connectivity index (χ4v) is 4.59. The maximum Gasteiger partial charge on any atom is 0.224 e. The van der Waals surface area contributed by atoms with Gasteiger partial charge < -0.3 is 15.3 Å². The van der Waals surface area contributed by atoms with Gasteiger partial charge in [0.1, 0.15) is 0 Å². The van der Waals surface area contributed by atoms with E-state index in [4.69, 9.17) is 0 Å². The molecule has 0 aromatic rings. The van der Waals surface area contributed by atoms with Crippen molar-refractivity contribution in [3.05, 3.63) is 0 Å². The maximum absolute atomic E-state index is 12.6. The van der Waals surface area contributed by atoms with Gasteiger partial charge in [0.25, 0.3) is 0 Å². The van der Waals surface area contributed by atoms with E-state index in [-0.39, 0.29) is 11.6 Å². The van der Waals surface area contributed by atoms with Crippen LogP contribution in [0.1, 0.15) is 51.4 Å². The average molecular weight is 280 g/mol. The van der Waals surface area contributed by atoms with Crippen LogP contribution in [0.15, 0.2) is 0 Å². The van der Waals surface area contributed by atoms with Crippen molar-refractivity contribution >= 4 is 5.91 Å². The summed E-state index contributed by atoms with van der Waals surface area (Å²) in [7, 11) is 2.00. The zero-order valence-corrected chi connectivity index (χ0v) is 12.6. The van der Waals surface area contributed by atoms with Crippen LogP contribution in [0.2, 0.25) is 0 Å². The van der Waals surface area contributed by atoms with Gasteiger partial charge in [0, 0.05) is 31.0 Å². The van der Waals surface area contributed by atoms with Crippen molar-refractivity contribution in [3.63, 3.8) is 0 Å². The van der Waals surface area contributed by atoms with E-state index in [2.05, 4.69) is 5.32 Å². The normalized spacial score (nSPS) is 36.1. The molecule has 2 saturated carbocycles. The van der Waals surface area contributed by atoms with Gasteiger partial charge in [0.15, 0.2) is 0 Å². The summed E-state index contributed by atoms with van der Waals surface area (Å²) in [5, 5.41) is 13.4. The second-order valence-corrected chi connectivity index (χ2v) is 7.14. The van der Waals surface area contributed by atoms with Crippen LogP contribution in [0.25, 0.3) is 0 Å². The summed E-state index contributed by atoms with van der Waals surface area (Å²) in [4.78, 5) is 14.6. The Bertz CT molecular complexity index is 365. The molecule has 0 aromatic heterocycles. The van der Waals surface area contributed by atoms with Gasteiger partial charge in [-0.2, -0.15) is 0 Å². The zero-order chi connectivity index (χ0) is 14.2. The number of carbonyl (C=O) groups excluding carboxylic acids is 1. The fraction of sp³-hybridized carbons (Fsp3) is 0.938. The summed E-state index contributed by atoms with van der Waals surface area (Å²) in [5.74, 6) is 1.18. The van der Waals surface area contributed by atoms with Crippen molar-refractivity contribution < 1.29 is 9.90 Å². The molecule has 0 radical (unpaired) electrons. The Morgan fingerprint density at radius 1 is 1.25 bits per heavy atom. The topological polar surface area (TPSA) is 52.6 Å². The first-order valence-corrected chi connectivity index (χ1v) is 8.28. The molecule has 1 amide bonds. The summed E-state index contributed by atoms with van der Waals surface area (Å²) in [6.45, 7) is 1.66. The summed E-state index contributed by atoms with van der Waals surface area (Å²) in [6, 6.07) is 0. The van der Waals surface area contributed by atoms with E-state index in [1.54, 1.807) is 0 Å². The molecule has 3 atom stereocenters. The van der Waals surface area contributed by atoms with Crippen LogP contribution in [-0.2, 0) is 4.79 Å². The van der Waals surface area contributed by atoms with E-state index in [1.165, 1.54) is 19.3 Å². The summed E-state index contributed by atoms with van der Waals surface area (Å²) in [6.07, 6.45) is 8.50. The molecule has 3 unspecified atom stereocenters. The van der Waals surface area contributed by atoms with Crippen LogP contribution in [0.4, 0.5) is 0 Å². The van der Waals surface area contributed by atoms with Crippen molar-refractivity contribution in [2.24, 2.45) is 11.8 Å². The van der Waals surface area contributed by atoms with Crippen LogP contribution < -0.4 is 5.32 Å². The quantitative estimate of drug-likeness (QED) is 0.824. The van der Waals surface area contributed by atoms with E-state index in [9.17, 15) is 9.90 Å². The lowest BCUT2D eigenvalue weighted by atomic mass is 9.79. The number of nitrogens with zero attached hydrogens (tertiary/aromatic N) is 1. The van der Waals surface area contributed by atoms with E-state index < -0.39 is 0 Å². The zero-order valence-electron chi connectivity index (χ0n) is 12.6. The molecule has 0 spiro atoms. The first-order chi connectivity index (χ1) is 9.63. The number of amides is 1. The Morgan fingerprint density at radius 2 is 2.00 bits per heavy atom. The van der Waals surface area contributed by atoms with Crippen molar-refractivity contribution in [1.82, 2.24) is 10.2 Å². The highest BCUT2D eigenvalue weighted by Gasteiger charge is 2.44. The van der Waals surface area contributed by atoms with Crippen molar-refractivity contribution in [2.75, 3.05) is 20.1 Å². The predicted molar refractivity (Wildman–Crippen MR) is 78.3 cm³/mol. The highest BCUT2D eigenvalue weighted by molar-refractivity contribution is 5.78. The first-order valence-electron chi connectivity index (χ1n) is 8.28. The minimum atomic E-state index is -0.175. The van der Waals surface area contributed by atoms with E-state index in [0.717, 1.165) is 38.8 Å². The number of carbonyl (C=O) groups is 1. The minimum absolute atomic E-state index is 0.0334. The number of fused-ring (bicyclic) bond motifs is 1. The van der Waals surface area contributed by atoms with E-state index in [0.29, 0.717) is 24.2 Å². The van der Waals surface area contributed by atoms with Gasteiger partial charge in [-0.1, -0.05) is 19.3 Å². The third-order valence-corrected chi connectivity index (χ3v) is 6.00. The molecule has 1 saturated heterocycles. The monoisotopic (exact) mass is 280 g/mol. The van der Waals surface area contributed by atoms with Gasteiger partial charge in [-0.15, -0.1) is 0 Å². The van der Waals surface area contributed by atoms with Crippen molar-refractivity contribution in [1.29, 1.82) is 0 Å². The summed E-state index contributed by atoms with van der Waals surface area (Å²) in [5.41, 5.74) is 0.0334. The molecule has 3 aliphatic rings. The molecular formula is C16H28N2O2. The third kappa shape index (κ3) is 2.60. The lowest BCUT2D eigenvalue weighted by Crippen LogP contribution is -2.48. The van der Waals surface area contributed by atoms with Gasteiger partial charge in [0.2, 0.25) is 5.91 Å². The van der Waals surface area contributed by atoms with Crippen LogP contribution in [0.5, 0.6) is 0 Å². The van der Waals surface area contributed by atoms with Gasteiger partial charge >= 0.3 is 0 Å². The summed E-state index contributed by atoms with van der Waals surface area (Å²) < 4.78 is 0. The Labute approximate surface area is 121 Å². The minimum Gasteiger partial charge on any atom is -0.393 e. The smallest absolute Gasteiger partial charge is 0.224 e. The van der Waals surface area contributed by atoms with Crippen LogP contribution in [0, 0.1) is 11.8 Å². The fourth-order valence-electron chi connectivity index (χ4n) is 4.59. The Balaban J connectivity index is 1.59. The van der Waals surface area contributed by atoms with E-state index in [1.807, 2.05) is 11.9 Å². The molecule has 4 nitrogen and oxygen atoms in total. The number of hydrogen-bond donors (Lipinski definition) is 2. The van der Waals surface area contributed by atoms with Gasteiger partial charge in [-0.3, -0.25) is 4.79 Å². The standard InChI is InChI=1S/C16H28N2O2/c1-17-16(7-3-2-4-8-16)9-15(20)18-10-12-5-6-14(19)13(12)11-18/h12-14,17,19H,2-11H2,1H3. The maximum atomic E-state index is 12.6. The molecule has 2 N–H and O–H groups in total.